The average molecular weight is 270 g/mol. The molecule has 1 aliphatic heterocycles. The summed E-state index contributed by atoms with van der Waals surface area (Å²) in [6.07, 6.45) is 5.56. The summed E-state index contributed by atoms with van der Waals surface area (Å²) in [5, 5.41) is 4.63. The molecule has 3 heteroatoms. The van der Waals surface area contributed by atoms with Crippen molar-refractivity contribution in [3.05, 3.63) is 0 Å². The average Bonchev–Trinajstić information content (AvgIpc) is 2.77. The lowest BCUT2D eigenvalue weighted by Crippen LogP contribution is -2.63. The predicted octanol–water partition coefficient (Wildman–Crippen LogP) is 3.12. The van der Waals surface area contributed by atoms with Crippen LogP contribution in [-0.2, 0) is 0 Å². The van der Waals surface area contributed by atoms with Crippen LogP contribution in [0.3, 0.4) is 0 Å². The fourth-order valence-electron chi connectivity index (χ4n) is 3.56. The van der Waals surface area contributed by atoms with Gasteiger partial charge in [0.05, 0.1) is 0 Å². The van der Waals surface area contributed by atoms with Gasteiger partial charge in [0.1, 0.15) is 0 Å². The van der Waals surface area contributed by atoms with Gasteiger partial charge in [0.2, 0.25) is 0 Å². The quantitative estimate of drug-likeness (QED) is 0.845. The predicted molar refractivity (Wildman–Crippen MR) is 82.4 cm³/mol. The van der Waals surface area contributed by atoms with Crippen LogP contribution in [0.4, 0.5) is 0 Å². The van der Waals surface area contributed by atoms with E-state index >= 15 is 0 Å². The van der Waals surface area contributed by atoms with Crippen molar-refractivity contribution in [2.45, 2.75) is 76.3 Å². The Bertz CT molecular complexity index is 267. The van der Waals surface area contributed by atoms with E-state index in [1.54, 1.807) is 0 Å². The van der Waals surface area contributed by atoms with Gasteiger partial charge in [-0.2, -0.15) is 11.8 Å². The summed E-state index contributed by atoms with van der Waals surface area (Å²) in [4.78, 5) is 2.83. The van der Waals surface area contributed by atoms with Crippen LogP contribution < -0.4 is 5.32 Å². The molecule has 0 aromatic heterocycles. The molecule has 3 atom stereocenters. The molecule has 1 aliphatic carbocycles. The summed E-state index contributed by atoms with van der Waals surface area (Å²) in [7, 11) is 0. The number of thioether (sulfide) groups is 1. The zero-order valence-electron chi connectivity index (χ0n) is 12.5. The first-order valence-electron chi connectivity index (χ1n) is 7.68. The third-order valence-electron chi connectivity index (χ3n) is 4.56. The monoisotopic (exact) mass is 270 g/mol. The van der Waals surface area contributed by atoms with Gasteiger partial charge in [-0.1, -0.05) is 13.8 Å². The molecule has 0 radical (unpaired) electrons. The van der Waals surface area contributed by atoms with Gasteiger partial charge in [-0.25, -0.2) is 0 Å². The third-order valence-corrected chi connectivity index (χ3v) is 5.80. The first kappa shape index (κ1) is 14.7. The molecule has 1 N–H and O–H groups in total. The molecule has 2 nitrogen and oxygen atoms in total. The molecule has 0 aromatic carbocycles. The number of piperazine rings is 1. The molecule has 2 fully saturated rings. The number of hydrogen-bond acceptors (Lipinski definition) is 3. The highest BCUT2D eigenvalue weighted by molar-refractivity contribution is 7.99. The van der Waals surface area contributed by atoms with Crippen LogP contribution in [-0.4, -0.2) is 46.6 Å². The summed E-state index contributed by atoms with van der Waals surface area (Å²) in [6.45, 7) is 11.7. The molecule has 18 heavy (non-hydrogen) atoms. The molecule has 1 saturated carbocycles. The Balaban J connectivity index is 1.96. The Morgan fingerprint density at radius 2 is 2.06 bits per heavy atom. The lowest BCUT2D eigenvalue weighted by molar-refractivity contribution is 0.0542. The number of nitrogens with zero attached hydrogens (tertiary/aromatic N) is 1. The highest BCUT2D eigenvalue weighted by Gasteiger charge is 2.38. The van der Waals surface area contributed by atoms with E-state index in [4.69, 9.17) is 0 Å². The van der Waals surface area contributed by atoms with E-state index in [0.717, 1.165) is 17.3 Å². The third kappa shape index (κ3) is 3.43. The fourth-order valence-corrected chi connectivity index (χ4v) is 4.70. The molecule has 1 saturated heterocycles. The van der Waals surface area contributed by atoms with Gasteiger partial charge in [-0.3, -0.25) is 4.90 Å². The van der Waals surface area contributed by atoms with Crippen molar-refractivity contribution in [2.24, 2.45) is 0 Å². The van der Waals surface area contributed by atoms with Gasteiger partial charge in [0.25, 0.3) is 0 Å². The molecule has 2 rings (SSSR count). The van der Waals surface area contributed by atoms with E-state index in [0.29, 0.717) is 5.54 Å². The van der Waals surface area contributed by atoms with E-state index in [2.05, 4.69) is 49.7 Å². The second-order valence-electron chi connectivity index (χ2n) is 6.54. The first-order valence-corrected chi connectivity index (χ1v) is 8.73. The highest BCUT2D eigenvalue weighted by Crippen LogP contribution is 2.35. The Morgan fingerprint density at radius 1 is 1.28 bits per heavy atom. The normalized spacial score (nSPS) is 37.0. The summed E-state index contributed by atoms with van der Waals surface area (Å²) in [5.74, 6) is 1.28. The van der Waals surface area contributed by atoms with Gasteiger partial charge in [-0.05, 0) is 45.3 Å². The molecule has 0 amide bonds. The van der Waals surface area contributed by atoms with E-state index < -0.39 is 0 Å². The maximum Gasteiger partial charge on any atom is 0.0253 e. The van der Waals surface area contributed by atoms with Gasteiger partial charge in [0.15, 0.2) is 0 Å². The number of nitrogens with one attached hydrogen (secondary N) is 1. The van der Waals surface area contributed by atoms with Crippen molar-refractivity contribution in [2.75, 3.05) is 18.8 Å². The maximum atomic E-state index is 3.70. The molecule has 106 valence electrons. The van der Waals surface area contributed by atoms with Gasteiger partial charge >= 0.3 is 0 Å². The van der Waals surface area contributed by atoms with E-state index in [-0.39, 0.29) is 0 Å². The van der Waals surface area contributed by atoms with E-state index in [1.165, 1.54) is 44.5 Å². The fraction of sp³-hybridized carbons (Fsp3) is 1.00. The van der Waals surface area contributed by atoms with E-state index in [1.807, 2.05) is 0 Å². The van der Waals surface area contributed by atoms with Crippen LogP contribution in [0.25, 0.3) is 0 Å². The molecular weight excluding hydrogens is 240 g/mol. The van der Waals surface area contributed by atoms with Crippen LogP contribution in [0.15, 0.2) is 0 Å². The zero-order valence-corrected chi connectivity index (χ0v) is 13.4. The van der Waals surface area contributed by atoms with E-state index in [9.17, 15) is 0 Å². The Morgan fingerprint density at radius 3 is 2.72 bits per heavy atom. The maximum absolute atomic E-state index is 3.70. The molecule has 1 heterocycles. The van der Waals surface area contributed by atoms with Gasteiger partial charge in [0, 0.05) is 36.0 Å². The summed E-state index contributed by atoms with van der Waals surface area (Å²) in [6, 6.07) is 1.61. The minimum Gasteiger partial charge on any atom is -0.309 e. The standard InChI is InChI=1S/C15H30N2S/c1-5-12-10-16-15(3,4)11-17(12)13-7-8-14(9-13)18-6-2/h12-14,16H,5-11H2,1-4H3. The number of hydrogen-bond donors (Lipinski definition) is 1. The smallest absolute Gasteiger partial charge is 0.0253 e. The largest absolute Gasteiger partial charge is 0.309 e. The molecule has 0 bridgehead atoms. The van der Waals surface area contributed by atoms with Crippen LogP contribution in [0.2, 0.25) is 0 Å². The van der Waals surface area contributed by atoms with Crippen LogP contribution in [0, 0.1) is 0 Å². The zero-order chi connectivity index (χ0) is 13.2. The summed E-state index contributed by atoms with van der Waals surface area (Å²) in [5.41, 5.74) is 0.293. The Labute approximate surface area is 117 Å². The van der Waals surface area contributed by atoms with Crippen LogP contribution >= 0.6 is 11.8 Å². The first-order chi connectivity index (χ1) is 8.55. The number of rotatable bonds is 4. The highest BCUT2D eigenvalue weighted by atomic mass is 32.2. The van der Waals surface area contributed by atoms with Crippen molar-refractivity contribution in [1.29, 1.82) is 0 Å². The summed E-state index contributed by atoms with van der Waals surface area (Å²) < 4.78 is 0. The SMILES string of the molecule is CCSC1CCC(N2CC(C)(C)NCC2CC)C1. The van der Waals surface area contributed by atoms with Gasteiger partial charge in [-0.15, -0.1) is 0 Å². The topological polar surface area (TPSA) is 15.3 Å². The molecule has 3 unspecified atom stereocenters. The van der Waals surface area contributed by atoms with Crippen molar-refractivity contribution in [3.8, 4) is 0 Å². The van der Waals surface area contributed by atoms with Gasteiger partial charge < -0.3 is 5.32 Å². The lowest BCUT2D eigenvalue weighted by atomic mass is 9.95. The Hall–Kier alpha value is 0.270. The van der Waals surface area contributed by atoms with Crippen molar-refractivity contribution in [3.63, 3.8) is 0 Å². The minimum absolute atomic E-state index is 0.293. The Kier molecular flexibility index (Phi) is 5.01. The van der Waals surface area contributed by atoms with Crippen LogP contribution in [0.5, 0.6) is 0 Å². The van der Waals surface area contributed by atoms with Crippen molar-refractivity contribution >= 4 is 11.8 Å². The van der Waals surface area contributed by atoms with Crippen molar-refractivity contribution in [1.82, 2.24) is 10.2 Å². The van der Waals surface area contributed by atoms with Crippen molar-refractivity contribution < 1.29 is 0 Å². The molecule has 0 spiro atoms. The summed E-state index contributed by atoms with van der Waals surface area (Å²) >= 11 is 2.17. The molecular formula is C15H30N2S. The van der Waals surface area contributed by atoms with Crippen LogP contribution in [0.1, 0.15) is 53.4 Å². The minimum atomic E-state index is 0.293. The second kappa shape index (κ2) is 6.15. The lowest BCUT2D eigenvalue weighted by Gasteiger charge is -2.47. The second-order valence-corrected chi connectivity index (χ2v) is 8.12. The molecule has 0 aromatic rings. The molecule has 2 aliphatic rings.